The number of benzene rings is 1. The maximum Gasteiger partial charge on any atom is 0.270 e. The minimum absolute atomic E-state index is 0.0648. The van der Waals surface area contributed by atoms with Crippen LogP contribution in [0, 0.1) is 13.7 Å². The van der Waals surface area contributed by atoms with Gasteiger partial charge in [0.05, 0.1) is 11.0 Å². The SMILES string of the molecule is CC(O)C(C)Sc1ccc([N+](=O)[O-])cc1I. The normalized spacial score (nSPS) is 14.5. The van der Waals surface area contributed by atoms with Crippen LogP contribution in [0.2, 0.25) is 0 Å². The first kappa shape index (κ1) is 13.7. The quantitative estimate of drug-likeness (QED) is 0.391. The van der Waals surface area contributed by atoms with Crippen molar-refractivity contribution >= 4 is 40.0 Å². The summed E-state index contributed by atoms with van der Waals surface area (Å²) in [6, 6.07) is 4.75. The molecule has 4 nitrogen and oxygen atoms in total. The van der Waals surface area contributed by atoms with E-state index in [1.54, 1.807) is 13.0 Å². The van der Waals surface area contributed by atoms with Crippen LogP contribution in [0.4, 0.5) is 5.69 Å². The van der Waals surface area contributed by atoms with E-state index in [2.05, 4.69) is 22.6 Å². The number of nitro groups is 1. The van der Waals surface area contributed by atoms with Crippen LogP contribution in [0.15, 0.2) is 23.1 Å². The Labute approximate surface area is 112 Å². The molecule has 0 aliphatic heterocycles. The zero-order valence-corrected chi connectivity index (χ0v) is 11.9. The highest BCUT2D eigenvalue weighted by atomic mass is 127. The van der Waals surface area contributed by atoms with Gasteiger partial charge in [-0.05, 0) is 35.6 Å². The fourth-order valence-corrected chi connectivity index (χ4v) is 2.79. The van der Waals surface area contributed by atoms with Crippen molar-refractivity contribution in [3.05, 3.63) is 31.9 Å². The maximum absolute atomic E-state index is 10.6. The van der Waals surface area contributed by atoms with Crippen LogP contribution in [0.5, 0.6) is 0 Å². The molecule has 0 amide bonds. The lowest BCUT2D eigenvalue weighted by atomic mass is 10.3. The molecule has 88 valence electrons. The zero-order valence-electron chi connectivity index (χ0n) is 8.88. The monoisotopic (exact) mass is 353 g/mol. The lowest BCUT2D eigenvalue weighted by Crippen LogP contribution is -2.15. The summed E-state index contributed by atoms with van der Waals surface area (Å²) in [5, 5.41) is 20.0. The molecule has 0 aromatic heterocycles. The van der Waals surface area contributed by atoms with Crippen molar-refractivity contribution in [3.63, 3.8) is 0 Å². The molecule has 1 rings (SSSR count). The second kappa shape index (κ2) is 5.83. The molecule has 1 aromatic rings. The van der Waals surface area contributed by atoms with E-state index in [1.165, 1.54) is 23.9 Å². The Morgan fingerprint density at radius 1 is 1.50 bits per heavy atom. The molecule has 0 saturated heterocycles. The first-order valence-electron chi connectivity index (χ1n) is 4.70. The van der Waals surface area contributed by atoms with Gasteiger partial charge in [0.2, 0.25) is 0 Å². The van der Waals surface area contributed by atoms with Crippen molar-refractivity contribution in [1.82, 2.24) is 0 Å². The summed E-state index contributed by atoms with van der Waals surface area (Å²) in [5.41, 5.74) is 0.0958. The van der Waals surface area contributed by atoms with Crippen LogP contribution >= 0.6 is 34.4 Å². The third-order valence-corrected chi connectivity index (χ3v) is 4.75. The van der Waals surface area contributed by atoms with Crippen LogP contribution in [-0.4, -0.2) is 21.4 Å². The van der Waals surface area contributed by atoms with E-state index in [0.717, 1.165) is 8.47 Å². The average Bonchev–Trinajstić information content (AvgIpc) is 2.20. The van der Waals surface area contributed by atoms with Gasteiger partial charge >= 0.3 is 0 Å². The molecule has 0 heterocycles. The number of aliphatic hydroxyl groups excluding tert-OH is 1. The number of halogens is 1. The highest BCUT2D eigenvalue weighted by Gasteiger charge is 2.14. The number of nitrogens with zero attached hydrogens (tertiary/aromatic N) is 1. The highest BCUT2D eigenvalue weighted by Crippen LogP contribution is 2.31. The number of hydrogen-bond donors (Lipinski definition) is 1. The Bertz CT molecular complexity index is 398. The summed E-state index contributed by atoms with van der Waals surface area (Å²) in [7, 11) is 0. The van der Waals surface area contributed by atoms with Crippen LogP contribution in [-0.2, 0) is 0 Å². The van der Waals surface area contributed by atoms with E-state index in [-0.39, 0.29) is 10.9 Å². The van der Waals surface area contributed by atoms with Gasteiger partial charge in [-0.15, -0.1) is 11.8 Å². The largest absolute Gasteiger partial charge is 0.392 e. The van der Waals surface area contributed by atoms with Gasteiger partial charge in [0.1, 0.15) is 0 Å². The summed E-state index contributed by atoms with van der Waals surface area (Å²) in [5.74, 6) is 0. The van der Waals surface area contributed by atoms with E-state index in [9.17, 15) is 15.2 Å². The van der Waals surface area contributed by atoms with Gasteiger partial charge in [0.25, 0.3) is 5.69 Å². The Balaban J connectivity index is 2.87. The second-order valence-electron chi connectivity index (χ2n) is 3.44. The van der Waals surface area contributed by atoms with Gasteiger partial charge in [-0.3, -0.25) is 10.1 Å². The number of non-ortho nitro benzene ring substituents is 1. The van der Waals surface area contributed by atoms with E-state index < -0.39 is 11.0 Å². The summed E-state index contributed by atoms with van der Waals surface area (Å²) in [4.78, 5) is 11.1. The Morgan fingerprint density at radius 3 is 2.56 bits per heavy atom. The second-order valence-corrected chi connectivity index (χ2v) is 6.02. The first-order chi connectivity index (χ1) is 7.41. The summed E-state index contributed by atoms with van der Waals surface area (Å²) < 4.78 is 0.837. The highest BCUT2D eigenvalue weighted by molar-refractivity contribution is 14.1. The molecule has 0 aliphatic carbocycles. The van der Waals surface area contributed by atoms with E-state index in [1.807, 2.05) is 6.92 Å². The maximum atomic E-state index is 10.6. The van der Waals surface area contributed by atoms with Crippen LogP contribution in [0.25, 0.3) is 0 Å². The molecular weight excluding hydrogens is 341 g/mol. The Hall–Kier alpha value is -0.340. The van der Waals surface area contributed by atoms with Crippen molar-refractivity contribution < 1.29 is 10.0 Å². The van der Waals surface area contributed by atoms with Gasteiger partial charge in [0, 0.05) is 25.8 Å². The lowest BCUT2D eigenvalue weighted by molar-refractivity contribution is -0.385. The topological polar surface area (TPSA) is 63.4 Å². The minimum Gasteiger partial charge on any atom is -0.392 e. The molecule has 1 aromatic carbocycles. The molecule has 0 radical (unpaired) electrons. The average molecular weight is 353 g/mol. The smallest absolute Gasteiger partial charge is 0.270 e. The third kappa shape index (κ3) is 3.60. The van der Waals surface area contributed by atoms with Gasteiger partial charge in [-0.2, -0.15) is 0 Å². The zero-order chi connectivity index (χ0) is 12.3. The fourth-order valence-electron chi connectivity index (χ4n) is 0.998. The van der Waals surface area contributed by atoms with Crippen molar-refractivity contribution in [2.45, 2.75) is 30.1 Å². The number of aliphatic hydroxyl groups is 1. The number of hydrogen-bond acceptors (Lipinski definition) is 4. The molecule has 16 heavy (non-hydrogen) atoms. The van der Waals surface area contributed by atoms with Gasteiger partial charge in [-0.1, -0.05) is 6.92 Å². The molecule has 2 unspecified atom stereocenters. The fraction of sp³-hybridized carbons (Fsp3) is 0.400. The van der Waals surface area contributed by atoms with Crippen molar-refractivity contribution in [3.8, 4) is 0 Å². The number of rotatable bonds is 4. The first-order valence-corrected chi connectivity index (χ1v) is 6.66. The summed E-state index contributed by atoms with van der Waals surface area (Å²) in [6.07, 6.45) is -0.406. The molecule has 6 heteroatoms. The predicted molar refractivity (Wildman–Crippen MR) is 72.8 cm³/mol. The summed E-state index contributed by atoms with van der Waals surface area (Å²) >= 11 is 3.59. The van der Waals surface area contributed by atoms with Crippen molar-refractivity contribution in [2.24, 2.45) is 0 Å². The minimum atomic E-state index is -0.408. The Kier molecular flexibility index (Phi) is 5.00. The van der Waals surface area contributed by atoms with Crippen LogP contribution in [0.3, 0.4) is 0 Å². The number of nitro benzene ring substituents is 1. The van der Waals surface area contributed by atoms with E-state index in [0.29, 0.717) is 0 Å². The standard InChI is InChI=1S/C10H12INO3S/c1-6(13)7(2)16-10-4-3-8(12(14)15)5-9(10)11/h3-7,13H,1-2H3. The van der Waals surface area contributed by atoms with Crippen LogP contribution in [0.1, 0.15) is 13.8 Å². The van der Waals surface area contributed by atoms with E-state index >= 15 is 0 Å². The van der Waals surface area contributed by atoms with Gasteiger partial charge < -0.3 is 5.11 Å². The third-order valence-electron chi connectivity index (χ3n) is 2.12. The molecule has 0 saturated carbocycles. The summed E-state index contributed by atoms with van der Waals surface area (Å²) in [6.45, 7) is 3.66. The van der Waals surface area contributed by atoms with Crippen molar-refractivity contribution in [2.75, 3.05) is 0 Å². The molecule has 0 bridgehead atoms. The predicted octanol–water partition coefficient (Wildman–Crippen LogP) is 3.06. The Morgan fingerprint density at radius 2 is 2.12 bits per heavy atom. The van der Waals surface area contributed by atoms with Crippen molar-refractivity contribution in [1.29, 1.82) is 0 Å². The molecule has 1 N–H and O–H groups in total. The lowest BCUT2D eigenvalue weighted by Gasteiger charge is -2.14. The van der Waals surface area contributed by atoms with Gasteiger partial charge in [0.15, 0.2) is 0 Å². The molecule has 0 aliphatic rings. The van der Waals surface area contributed by atoms with E-state index in [4.69, 9.17) is 0 Å². The number of thioether (sulfide) groups is 1. The molecule has 0 spiro atoms. The molecule has 0 fully saturated rings. The molecule has 2 atom stereocenters. The van der Waals surface area contributed by atoms with Crippen LogP contribution < -0.4 is 0 Å². The molecular formula is C10H12INO3S. The van der Waals surface area contributed by atoms with Gasteiger partial charge in [-0.25, -0.2) is 0 Å².